The summed E-state index contributed by atoms with van der Waals surface area (Å²) in [7, 11) is 0. The van der Waals surface area contributed by atoms with E-state index in [0.717, 1.165) is 37.9 Å². The van der Waals surface area contributed by atoms with E-state index >= 15 is 0 Å². The molecule has 6 heteroatoms. The van der Waals surface area contributed by atoms with Crippen molar-refractivity contribution >= 4 is 12.1 Å². The van der Waals surface area contributed by atoms with Crippen LogP contribution < -0.4 is 10.1 Å². The number of hydrogen-bond donors (Lipinski definition) is 1. The van der Waals surface area contributed by atoms with Gasteiger partial charge in [-0.05, 0) is 48.6 Å². The number of likely N-dealkylation sites (tertiary alicyclic amines) is 1. The van der Waals surface area contributed by atoms with Crippen molar-refractivity contribution in [2.45, 2.75) is 31.2 Å². The molecule has 6 nitrogen and oxygen atoms in total. The lowest BCUT2D eigenvalue weighted by Crippen LogP contribution is -2.44. The Kier molecular flexibility index (Phi) is 5.83. The third-order valence-electron chi connectivity index (χ3n) is 6.00. The topological polar surface area (TPSA) is 67.4 Å². The minimum atomic E-state index is 0.0609. The molecule has 0 radical (unpaired) electrons. The van der Waals surface area contributed by atoms with E-state index in [2.05, 4.69) is 51.7 Å². The number of amides is 2. The molecule has 5 rings (SSSR count). The third-order valence-corrected chi connectivity index (χ3v) is 6.00. The van der Waals surface area contributed by atoms with Gasteiger partial charge in [0.1, 0.15) is 5.75 Å². The number of nitrogens with one attached hydrogen (secondary N) is 1. The highest BCUT2D eigenvalue weighted by Crippen LogP contribution is 2.40. The van der Waals surface area contributed by atoms with E-state index in [1.807, 2.05) is 29.2 Å². The van der Waals surface area contributed by atoms with Gasteiger partial charge in [-0.2, -0.15) is 0 Å². The summed E-state index contributed by atoms with van der Waals surface area (Å²) < 4.78 is 5.73. The van der Waals surface area contributed by atoms with Gasteiger partial charge in [-0.1, -0.05) is 54.1 Å². The molecule has 2 unspecified atom stereocenters. The highest BCUT2D eigenvalue weighted by molar-refractivity contribution is 5.75. The molecular weight excluding hydrogens is 400 g/mol. The number of piperidine rings is 1. The quantitative estimate of drug-likeness (QED) is 0.622. The van der Waals surface area contributed by atoms with Crippen molar-refractivity contribution in [1.29, 1.82) is 0 Å². The van der Waals surface area contributed by atoms with Gasteiger partial charge in [0.25, 0.3) is 0 Å². The van der Waals surface area contributed by atoms with Crippen LogP contribution >= 0.6 is 0 Å². The molecule has 1 aliphatic heterocycles. The summed E-state index contributed by atoms with van der Waals surface area (Å²) in [6, 6.07) is 20.7. The Morgan fingerprint density at radius 1 is 1.00 bits per heavy atom. The van der Waals surface area contributed by atoms with Crippen molar-refractivity contribution in [2.75, 3.05) is 13.1 Å². The molecule has 2 atom stereocenters. The number of benzene rings is 2. The summed E-state index contributed by atoms with van der Waals surface area (Å²) in [6.07, 6.45) is 8.30. The Balaban J connectivity index is 1.13. The van der Waals surface area contributed by atoms with E-state index in [0.29, 0.717) is 17.7 Å². The van der Waals surface area contributed by atoms with Gasteiger partial charge in [-0.25, -0.2) is 14.8 Å². The monoisotopic (exact) mass is 426 g/mol. The average molecular weight is 427 g/mol. The molecule has 1 N–H and O–H groups in total. The number of aromatic nitrogens is 2. The van der Waals surface area contributed by atoms with Crippen LogP contribution in [-0.2, 0) is 0 Å². The van der Waals surface area contributed by atoms with Gasteiger partial charge in [0.05, 0.1) is 0 Å². The van der Waals surface area contributed by atoms with Gasteiger partial charge in [0, 0.05) is 37.4 Å². The Morgan fingerprint density at radius 2 is 1.78 bits per heavy atom. The van der Waals surface area contributed by atoms with Crippen molar-refractivity contribution in [2.24, 2.45) is 0 Å². The predicted octanol–water partition coefficient (Wildman–Crippen LogP) is 5.01. The maximum absolute atomic E-state index is 12.7. The summed E-state index contributed by atoms with van der Waals surface area (Å²) in [5.41, 5.74) is 3.73. The van der Waals surface area contributed by atoms with Crippen LogP contribution in [0.25, 0.3) is 6.08 Å². The lowest BCUT2D eigenvalue weighted by molar-refractivity contribution is 0.193. The van der Waals surface area contributed by atoms with Crippen LogP contribution in [0.2, 0.25) is 0 Å². The fourth-order valence-corrected chi connectivity index (χ4v) is 4.16. The van der Waals surface area contributed by atoms with Crippen LogP contribution in [0.15, 0.2) is 78.6 Å². The van der Waals surface area contributed by atoms with Gasteiger partial charge in [0.15, 0.2) is 0 Å². The first-order valence-corrected chi connectivity index (χ1v) is 11.1. The number of carbonyl (C=O) groups is 1. The van der Waals surface area contributed by atoms with Crippen LogP contribution in [0.4, 0.5) is 4.79 Å². The molecule has 0 bridgehead atoms. The van der Waals surface area contributed by atoms with E-state index < -0.39 is 0 Å². The maximum atomic E-state index is 12.7. The Hall–Kier alpha value is -3.67. The van der Waals surface area contributed by atoms with Crippen LogP contribution in [0.3, 0.4) is 0 Å². The molecule has 1 aliphatic carbocycles. The predicted molar refractivity (Wildman–Crippen MR) is 123 cm³/mol. The Morgan fingerprint density at radius 3 is 2.56 bits per heavy atom. The standard InChI is InChI=1S/C26H26N4O2/c31-26(29-24-18-23(24)21-7-2-1-3-8-21)30-14-10-19(11-15-30)16-20-6-4-9-22(17-20)32-25-27-12-5-13-28-25/h1-9,12-13,16-17,23-24H,10-11,14-15,18H2,(H,29,31). The van der Waals surface area contributed by atoms with Gasteiger partial charge in [-0.15, -0.1) is 0 Å². The van der Waals surface area contributed by atoms with Crippen molar-refractivity contribution in [1.82, 2.24) is 20.2 Å². The lowest BCUT2D eigenvalue weighted by Gasteiger charge is -2.28. The van der Waals surface area contributed by atoms with Crippen LogP contribution in [0.5, 0.6) is 11.8 Å². The third kappa shape index (κ3) is 4.97. The second kappa shape index (κ2) is 9.22. The second-order valence-corrected chi connectivity index (χ2v) is 8.30. The molecule has 1 aromatic heterocycles. The second-order valence-electron chi connectivity index (χ2n) is 8.30. The van der Waals surface area contributed by atoms with Crippen molar-refractivity contribution < 1.29 is 9.53 Å². The van der Waals surface area contributed by atoms with Gasteiger partial charge in [-0.3, -0.25) is 0 Å². The van der Waals surface area contributed by atoms with Crippen molar-refractivity contribution in [3.63, 3.8) is 0 Å². The summed E-state index contributed by atoms with van der Waals surface area (Å²) in [5, 5.41) is 3.21. The Labute approximate surface area is 188 Å². The molecule has 2 aromatic carbocycles. The molecule has 3 aromatic rings. The first-order valence-electron chi connectivity index (χ1n) is 11.1. The van der Waals surface area contributed by atoms with E-state index in [1.165, 1.54) is 11.1 Å². The fraction of sp³-hybridized carbons (Fsp3) is 0.269. The minimum Gasteiger partial charge on any atom is -0.424 e. The average Bonchev–Trinajstić information content (AvgIpc) is 3.60. The molecule has 32 heavy (non-hydrogen) atoms. The first kappa shape index (κ1) is 20.2. The summed E-state index contributed by atoms with van der Waals surface area (Å²) in [6.45, 7) is 1.49. The number of carbonyl (C=O) groups excluding carboxylic acids is 1. The molecule has 2 amide bonds. The molecule has 0 spiro atoms. The largest absolute Gasteiger partial charge is 0.424 e. The number of hydrogen-bond acceptors (Lipinski definition) is 4. The molecule has 162 valence electrons. The summed E-state index contributed by atoms with van der Waals surface area (Å²) in [5.74, 6) is 1.16. The van der Waals surface area contributed by atoms with E-state index in [9.17, 15) is 4.79 Å². The first-order chi connectivity index (χ1) is 15.7. The highest BCUT2D eigenvalue weighted by atomic mass is 16.5. The van der Waals surface area contributed by atoms with Crippen molar-refractivity contribution in [3.8, 4) is 11.8 Å². The molecule has 2 aliphatic rings. The van der Waals surface area contributed by atoms with E-state index in [1.54, 1.807) is 18.5 Å². The zero-order valence-corrected chi connectivity index (χ0v) is 17.9. The number of urea groups is 1. The Bertz CT molecular complexity index is 1090. The van der Waals surface area contributed by atoms with Crippen molar-refractivity contribution in [3.05, 3.63) is 89.8 Å². The SMILES string of the molecule is O=C(NC1CC1c1ccccc1)N1CCC(=Cc2cccc(Oc3ncccn3)c2)CC1. The van der Waals surface area contributed by atoms with Crippen LogP contribution in [0.1, 0.15) is 36.3 Å². The normalized spacial score (nSPS) is 19.9. The number of ether oxygens (including phenoxy) is 1. The van der Waals surface area contributed by atoms with Crippen LogP contribution in [-0.4, -0.2) is 40.0 Å². The minimum absolute atomic E-state index is 0.0609. The molecule has 2 fully saturated rings. The van der Waals surface area contributed by atoms with Gasteiger partial charge < -0.3 is 15.0 Å². The van der Waals surface area contributed by atoms with Gasteiger partial charge in [0.2, 0.25) is 0 Å². The fourth-order valence-electron chi connectivity index (χ4n) is 4.16. The maximum Gasteiger partial charge on any atom is 0.321 e. The zero-order chi connectivity index (χ0) is 21.8. The number of nitrogens with zero attached hydrogens (tertiary/aromatic N) is 3. The van der Waals surface area contributed by atoms with E-state index in [4.69, 9.17) is 4.74 Å². The molecule has 1 saturated carbocycles. The van der Waals surface area contributed by atoms with Gasteiger partial charge >= 0.3 is 12.0 Å². The number of rotatable bonds is 5. The molecule has 2 heterocycles. The summed E-state index contributed by atoms with van der Waals surface area (Å²) >= 11 is 0. The lowest BCUT2D eigenvalue weighted by atomic mass is 10.0. The zero-order valence-electron chi connectivity index (χ0n) is 17.9. The summed E-state index contributed by atoms with van der Waals surface area (Å²) in [4.78, 5) is 22.8. The highest BCUT2D eigenvalue weighted by Gasteiger charge is 2.40. The van der Waals surface area contributed by atoms with E-state index in [-0.39, 0.29) is 12.1 Å². The molecular formula is C26H26N4O2. The van der Waals surface area contributed by atoms with Crippen LogP contribution in [0, 0.1) is 0 Å². The molecule has 1 saturated heterocycles. The smallest absolute Gasteiger partial charge is 0.321 e.